The fraction of sp³-hybridized carbons (Fsp3) is 0.439. The molecule has 4 unspecified atom stereocenters. The molecule has 7 heterocycles. The summed E-state index contributed by atoms with van der Waals surface area (Å²) in [7, 11) is 0. The third-order valence-electron chi connectivity index (χ3n) is 14.2. The molecule has 0 radical (unpaired) electrons. The molecule has 9 rings (SSSR count). The van der Waals surface area contributed by atoms with Crippen molar-refractivity contribution in [1.29, 1.82) is 0 Å². The van der Waals surface area contributed by atoms with E-state index in [0.29, 0.717) is 17.9 Å². The number of ether oxygens (including phenoxy) is 4. The number of hydrogen-bond donors (Lipinski definition) is 9. The van der Waals surface area contributed by atoms with Crippen LogP contribution in [0.1, 0.15) is 112 Å². The lowest BCUT2D eigenvalue weighted by Gasteiger charge is -2.40. The minimum atomic E-state index is -1.56. The summed E-state index contributed by atoms with van der Waals surface area (Å²) in [5.74, 6) is 0.783. The summed E-state index contributed by atoms with van der Waals surface area (Å²) in [4.78, 5) is 18.4. The number of unbranched alkanes of at least 4 members (excludes halogenated alkanes) is 6. The number of benzene rings is 2. The molecule has 0 aliphatic carbocycles. The zero-order chi connectivity index (χ0) is 50.5. The summed E-state index contributed by atoms with van der Waals surface area (Å²) in [6, 6.07) is 23.3. The van der Waals surface area contributed by atoms with E-state index in [4.69, 9.17) is 28.9 Å². The maximum Gasteiger partial charge on any atom is 0.229 e. The van der Waals surface area contributed by atoms with Crippen molar-refractivity contribution in [2.45, 2.75) is 153 Å². The summed E-state index contributed by atoms with van der Waals surface area (Å²) >= 11 is 0. The lowest BCUT2D eigenvalue weighted by Crippen LogP contribution is -2.60. The highest BCUT2D eigenvalue weighted by Gasteiger charge is 2.45. The predicted molar refractivity (Wildman–Crippen MR) is 277 cm³/mol. The molecule has 72 heavy (non-hydrogen) atoms. The number of nitrogens with zero attached hydrogens (tertiary/aromatic N) is 2. The first kappa shape index (κ1) is 51.2. The van der Waals surface area contributed by atoms with Crippen LogP contribution in [0.3, 0.4) is 0 Å². The van der Waals surface area contributed by atoms with Gasteiger partial charge in [0.2, 0.25) is 12.6 Å². The Morgan fingerprint density at radius 2 is 0.861 bits per heavy atom. The highest BCUT2D eigenvalue weighted by atomic mass is 16.7. The van der Waals surface area contributed by atoms with E-state index in [-0.39, 0.29) is 0 Å². The maximum atomic E-state index is 10.8. The Morgan fingerprint density at radius 3 is 1.28 bits per heavy atom. The largest absolute Gasteiger partial charge is 0.462 e. The summed E-state index contributed by atoms with van der Waals surface area (Å²) in [6.07, 6.45) is 5.92. The van der Waals surface area contributed by atoms with E-state index in [2.05, 4.69) is 72.4 Å². The van der Waals surface area contributed by atoms with Crippen molar-refractivity contribution in [3.8, 4) is 33.8 Å². The van der Waals surface area contributed by atoms with Gasteiger partial charge in [-0.1, -0.05) is 83.6 Å². The first-order chi connectivity index (χ1) is 35.0. The van der Waals surface area contributed by atoms with Gasteiger partial charge in [0.25, 0.3) is 0 Å². The number of aliphatic hydroxyl groups is 7. The lowest BCUT2D eigenvalue weighted by molar-refractivity contribution is -0.277. The Hall–Kier alpha value is -5.72. The quantitative estimate of drug-likeness (QED) is 0.0371. The van der Waals surface area contributed by atoms with Crippen LogP contribution in [0, 0.1) is 0 Å². The molecule has 9 N–H and O–H groups in total. The molecule has 10 atom stereocenters. The smallest absolute Gasteiger partial charge is 0.229 e. The number of nitrogens with one attached hydrogen (secondary N) is 2. The highest BCUT2D eigenvalue weighted by Crippen LogP contribution is 2.37. The Balaban J connectivity index is 1.18. The van der Waals surface area contributed by atoms with Crippen LogP contribution in [0.25, 0.3) is 68.6 Å². The molecule has 15 nitrogen and oxygen atoms in total. The maximum absolute atomic E-state index is 10.8. The van der Waals surface area contributed by atoms with Crippen molar-refractivity contribution in [3.05, 3.63) is 107 Å². The Labute approximate surface area is 419 Å². The molecule has 8 bridgehead atoms. The van der Waals surface area contributed by atoms with Crippen LogP contribution in [0.4, 0.5) is 0 Å². The van der Waals surface area contributed by atoms with Gasteiger partial charge in [0.1, 0.15) is 54.2 Å². The molecule has 0 amide bonds. The van der Waals surface area contributed by atoms with Gasteiger partial charge in [0, 0.05) is 44.3 Å². The standard InChI is InChI=1S/C57H68N4O11/c1-4-7-9-11-13-36-38-23-27-42(58-38)48(32-15-19-34(20-16-32)69-56-54(67)52(65)50(63)46(6-3)71-56)43-28-24-39(59-43)37(14-12-10-8-5-2)41-26-30-45(61-41)49(44-29-25-40(36)60-44)33-17-21-35(22-18-33)70-57-55(68)53(66)51(64)47(31-62)72-57/h15-30,46-47,50-58,61-68H,4-14,31H2,1-3H3/t46-,47?,50?,51-,52-,53+,54-,55?,56?,57-/m1/s1. The number of aromatic nitrogens is 4. The van der Waals surface area contributed by atoms with Crippen molar-refractivity contribution in [3.63, 3.8) is 0 Å². The molecule has 382 valence electrons. The molecule has 3 aromatic heterocycles. The van der Waals surface area contributed by atoms with Gasteiger partial charge in [-0.3, -0.25) is 0 Å². The Bertz CT molecular complexity index is 2680. The fourth-order valence-electron chi connectivity index (χ4n) is 10.1. The van der Waals surface area contributed by atoms with E-state index in [1.165, 1.54) is 0 Å². The minimum absolute atomic E-state index is 0.355. The number of aliphatic hydroxyl groups excluding tert-OH is 7. The van der Waals surface area contributed by atoms with Gasteiger partial charge in [-0.25, -0.2) is 9.97 Å². The van der Waals surface area contributed by atoms with Crippen LogP contribution >= 0.6 is 0 Å². The number of H-pyrrole nitrogens is 2. The Kier molecular flexibility index (Phi) is 16.4. The van der Waals surface area contributed by atoms with E-state index >= 15 is 0 Å². The van der Waals surface area contributed by atoms with E-state index < -0.39 is 68.0 Å². The van der Waals surface area contributed by atoms with Crippen LogP contribution in [0.2, 0.25) is 0 Å². The molecule has 2 fully saturated rings. The van der Waals surface area contributed by atoms with Gasteiger partial charge < -0.3 is 64.7 Å². The van der Waals surface area contributed by atoms with Crippen LogP contribution in [0.15, 0.2) is 72.8 Å². The second kappa shape index (κ2) is 23.0. The molecule has 4 aliphatic rings. The topological polar surface area (TPSA) is 236 Å². The first-order valence-corrected chi connectivity index (χ1v) is 25.7. The van der Waals surface area contributed by atoms with Crippen molar-refractivity contribution >= 4 is 46.4 Å². The molecular formula is C57H68N4O11. The average molecular weight is 985 g/mol. The summed E-state index contributed by atoms with van der Waals surface area (Å²) in [5.41, 5.74) is 12.5. The number of fused-ring (bicyclic) bond motifs is 8. The average Bonchev–Trinajstić information content (AvgIpc) is 4.26. The van der Waals surface area contributed by atoms with Crippen LogP contribution in [0.5, 0.6) is 11.5 Å². The first-order valence-electron chi connectivity index (χ1n) is 25.7. The number of rotatable bonds is 18. The normalized spacial score (nSPS) is 25.0. The number of hydrogen-bond acceptors (Lipinski definition) is 13. The van der Waals surface area contributed by atoms with Gasteiger partial charge in [0.05, 0.1) is 35.5 Å². The van der Waals surface area contributed by atoms with Gasteiger partial charge in [-0.2, -0.15) is 0 Å². The summed E-state index contributed by atoms with van der Waals surface area (Å²) < 4.78 is 23.6. The molecular weight excluding hydrogens is 917 g/mol. The highest BCUT2D eigenvalue weighted by molar-refractivity contribution is 5.94. The van der Waals surface area contributed by atoms with Gasteiger partial charge in [0.15, 0.2) is 0 Å². The molecule has 4 aliphatic heterocycles. The van der Waals surface area contributed by atoms with Crippen LogP contribution < -0.4 is 9.47 Å². The van der Waals surface area contributed by atoms with E-state index in [1.807, 2.05) is 43.3 Å². The second-order valence-corrected chi connectivity index (χ2v) is 19.2. The number of aromatic amines is 2. The molecule has 2 aromatic carbocycles. The third-order valence-corrected chi connectivity index (χ3v) is 14.2. The summed E-state index contributed by atoms with van der Waals surface area (Å²) in [6.45, 7) is 5.69. The second-order valence-electron chi connectivity index (χ2n) is 19.2. The monoisotopic (exact) mass is 984 g/mol. The molecule has 0 spiro atoms. The number of aryl methyl sites for hydroxylation is 2. The van der Waals surface area contributed by atoms with Crippen LogP contribution in [-0.4, -0.2) is 124 Å². The Morgan fingerprint density at radius 1 is 0.458 bits per heavy atom. The third kappa shape index (κ3) is 10.8. The van der Waals surface area contributed by atoms with E-state index in [0.717, 1.165) is 142 Å². The molecule has 15 heteroatoms. The van der Waals surface area contributed by atoms with Crippen molar-refractivity contribution in [2.75, 3.05) is 6.61 Å². The zero-order valence-electron chi connectivity index (χ0n) is 41.2. The minimum Gasteiger partial charge on any atom is -0.462 e. The van der Waals surface area contributed by atoms with Crippen molar-refractivity contribution in [2.24, 2.45) is 0 Å². The lowest BCUT2D eigenvalue weighted by atomic mass is 9.97. The molecule has 5 aromatic rings. The molecule has 0 saturated carbocycles. The van der Waals surface area contributed by atoms with Gasteiger partial charge in [-0.05, 0) is 116 Å². The fourth-order valence-corrected chi connectivity index (χ4v) is 10.1. The van der Waals surface area contributed by atoms with Crippen LogP contribution in [-0.2, 0) is 22.3 Å². The molecule has 2 saturated heterocycles. The summed E-state index contributed by atoms with van der Waals surface area (Å²) in [5, 5.41) is 72.9. The van der Waals surface area contributed by atoms with Gasteiger partial charge in [-0.15, -0.1) is 0 Å². The van der Waals surface area contributed by atoms with E-state index in [9.17, 15) is 35.7 Å². The van der Waals surface area contributed by atoms with Gasteiger partial charge >= 0.3 is 0 Å². The zero-order valence-corrected chi connectivity index (χ0v) is 41.2. The van der Waals surface area contributed by atoms with Crippen molar-refractivity contribution < 1.29 is 54.7 Å². The van der Waals surface area contributed by atoms with Crippen molar-refractivity contribution in [1.82, 2.24) is 19.9 Å². The van der Waals surface area contributed by atoms with E-state index in [1.54, 1.807) is 12.1 Å². The predicted octanol–water partition coefficient (Wildman–Crippen LogP) is 8.01. The SMILES string of the molecule is CCCCCCc1c2nc(c(-c3ccc(O[C@@H]4OC(CO)[C@@H](O)[C@H](O)C4O)cc3)c3ccc([nH]3)c(CCCCCC)c3nc(c(-c4ccc(OC5O[C@H](CC)C(O)[C@@H](O)[C@H]5O)cc4)c4ccc1[nH]4)C=C3)C=C2.